The van der Waals surface area contributed by atoms with Crippen LogP contribution in [0.3, 0.4) is 0 Å². The molecule has 19 heavy (non-hydrogen) atoms. The highest BCUT2D eigenvalue weighted by molar-refractivity contribution is 6.37. The number of hydrogen-bond donors (Lipinski definition) is 0. The molecule has 10 heteroatoms. The lowest BCUT2D eigenvalue weighted by molar-refractivity contribution is -0.276. The van der Waals surface area contributed by atoms with E-state index in [2.05, 4.69) is 9.47 Å². The van der Waals surface area contributed by atoms with Gasteiger partial charge in [0, 0.05) is 6.07 Å². The van der Waals surface area contributed by atoms with Gasteiger partial charge in [0.2, 0.25) is 0 Å². The highest BCUT2D eigenvalue weighted by atomic mass is 35.5. The third-order valence-electron chi connectivity index (χ3n) is 1.80. The summed E-state index contributed by atoms with van der Waals surface area (Å²) in [5.74, 6) is -2.06. The highest BCUT2D eigenvalue weighted by Gasteiger charge is 2.36. The molecule has 0 aliphatic rings. The van der Waals surface area contributed by atoms with E-state index in [-0.39, 0.29) is 5.56 Å². The van der Waals surface area contributed by atoms with Crippen LogP contribution < -0.4 is 9.47 Å². The first kappa shape index (κ1) is 16.0. The van der Waals surface area contributed by atoms with E-state index in [1.54, 1.807) is 0 Å². The van der Waals surface area contributed by atoms with Gasteiger partial charge in [-0.15, -0.1) is 26.3 Å². The molecular weight excluding hydrogens is 325 g/mol. The lowest BCUT2D eigenvalue weighted by atomic mass is 10.2. The zero-order valence-corrected chi connectivity index (χ0v) is 10.4. The summed E-state index contributed by atoms with van der Waals surface area (Å²) in [6.45, 7) is 1.12. The van der Waals surface area contributed by atoms with Gasteiger partial charge in [0.1, 0.15) is 0 Å². The maximum Gasteiger partial charge on any atom is 0.573 e. The minimum Gasteiger partial charge on any atom is -0.404 e. The Morgan fingerprint density at radius 3 is 1.42 bits per heavy atom. The van der Waals surface area contributed by atoms with Crippen molar-refractivity contribution in [1.82, 2.24) is 0 Å². The van der Waals surface area contributed by atoms with Crippen molar-refractivity contribution in [1.29, 1.82) is 0 Å². The first-order valence-electron chi connectivity index (χ1n) is 4.41. The third kappa shape index (κ3) is 4.54. The number of hydrogen-bond acceptors (Lipinski definition) is 2. The van der Waals surface area contributed by atoms with Crippen LogP contribution in [0.25, 0.3) is 0 Å². The quantitative estimate of drug-likeness (QED) is 0.703. The van der Waals surface area contributed by atoms with Gasteiger partial charge in [-0.1, -0.05) is 23.2 Å². The molecule has 0 bridgehead atoms. The molecule has 0 aliphatic heterocycles. The molecule has 0 fully saturated rings. The molecule has 2 nitrogen and oxygen atoms in total. The topological polar surface area (TPSA) is 18.5 Å². The van der Waals surface area contributed by atoms with Gasteiger partial charge in [-0.05, 0) is 12.5 Å². The molecule has 0 amide bonds. The molecule has 1 rings (SSSR count). The lowest BCUT2D eigenvalue weighted by Crippen LogP contribution is -2.19. The van der Waals surface area contributed by atoms with Crippen molar-refractivity contribution < 1.29 is 35.8 Å². The van der Waals surface area contributed by atoms with Gasteiger partial charge in [-0.3, -0.25) is 0 Å². The zero-order valence-electron chi connectivity index (χ0n) is 8.92. The van der Waals surface area contributed by atoms with E-state index in [9.17, 15) is 26.3 Å². The minimum atomic E-state index is -5.11. The van der Waals surface area contributed by atoms with Gasteiger partial charge in [-0.25, -0.2) is 0 Å². The Balaban J connectivity index is 3.27. The van der Waals surface area contributed by atoms with Gasteiger partial charge < -0.3 is 9.47 Å². The standard InChI is InChI=1S/C9H4Cl2F6O2/c1-3-6(10)4(18-8(12,13)14)2-5(7(3)11)19-9(15,16)17/h2H,1H3. The van der Waals surface area contributed by atoms with E-state index in [1.165, 1.54) is 0 Å². The van der Waals surface area contributed by atoms with Gasteiger partial charge >= 0.3 is 12.7 Å². The van der Waals surface area contributed by atoms with Gasteiger partial charge in [-0.2, -0.15) is 0 Å². The zero-order chi connectivity index (χ0) is 15.0. The Hall–Kier alpha value is -1.02. The van der Waals surface area contributed by atoms with Crippen molar-refractivity contribution in [3.05, 3.63) is 21.7 Å². The SMILES string of the molecule is Cc1c(Cl)c(OC(F)(F)F)cc(OC(F)(F)F)c1Cl. The monoisotopic (exact) mass is 328 g/mol. The second kappa shape index (κ2) is 5.16. The van der Waals surface area contributed by atoms with E-state index < -0.39 is 34.3 Å². The molecule has 0 aromatic heterocycles. The molecule has 0 saturated heterocycles. The van der Waals surface area contributed by atoms with Crippen molar-refractivity contribution in [2.24, 2.45) is 0 Å². The molecule has 0 saturated carbocycles. The number of ether oxygens (including phenoxy) is 2. The molecule has 0 radical (unpaired) electrons. The molecule has 1 aromatic carbocycles. The molecule has 0 aliphatic carbocycles. The number of rotatable bonds is 2. The number of halogens is 8. The highest BCUT2D eigenvalue weighted by Crippen LogP contribution is 2.43. The van der Waals surface area contributed by atoms with Gasteiger partial charge in [0.25, 0.3) is 0 Å². The van der Waals surface area contributed by atoms with E-state index in [4.69, 9.17) is 23.2 Å². The third-order valence-corrected chi connectivity index (χ3v) is 2.74. The predicted octanol–water partition coefficient (Wildman–Crippen LogP) is 5.10. The first-order chi connectivity index (χ1) is 8.41. The molecule has 0 spiro atoms. The van der Waals surface area contributed by atoms with E-state index in [1.807, 2.05) is 0 Å². The van der Waals surface area contributed by atoms with Crippen molar-refractivity contribution >= 4 is 23.2 Å². The summed E-state index contributed by atoms with van der Waals surface area (Å²) in [7, 11) is 0. The molecular formula is C9H4Cl2F6O2. The van der Waals surface area contributed by atoms with Crippen molar-refractivity contribution in [2.45, 2.75) is 19.6 Å². The maximum atomic E-state index is 12.0. The summed E-state index contributed by atoms with van der Waals surface area (Å²) in [4.78, 5) is 0. The summed E-state index contributed by atoms with van der Waals surface area (Å²) in [5, 5.41) is -1.12. The van der Waals surface area contributed by atoms with Crippen LogP contribution in [0, 0.1) is 6.92 Å². The molecule has 108 valence electrons. The largest absolute Gasteiger partial charge is 0.573 e. The fourth-order valence-corrected chi connectivity index (χ4v) is 1.53. The average molecular weight is 329 g/mol. The van der Waals surface area contributed by atoms with Crippen LogP contribution in [0.15, 0.2) is 6.07 Å². The molecule has 0 N–H and O–H groups in total. The number of alkyl halides is 6. The van der Waals surface area contributed by atoms with Crippen molar-refractivity contribution in [3.63, 3.8) is 0 Å². The van der Waals surface area contributed by atoms with Gasteiger partial charge in [0.15, 0.2) is 11.5 Å². The van der Waals surface area contributed by atoms with Gasteiger partial charge in [0.05, 0.1) is 10.0 Å². The minimum absolute atomic E-state index is 0.232. The maximum absolute atomic E-state index is 12.0. The van der Waals surface area contributed by atoms with Crippen molar-refractivity contribution in [3.8, 4) is 11.5 Å². The normalized spacial score (nSPS) is 12.5. The fourth-order valence-electron chi connectivity index (χ4n) is 1.11. The fraction of sp³-hybridized carbons (Fsp3) is 0.333. The Morgan fingerprint density at radius 2 is 1.16 bits per heavy atom. The van der Waals surface area contributed by atoms with Crippen LogP contribution in [-0.4, -0.2) is 12.7 Å². The second-order valence-electron chi connectivity index (χ2n) is 3.22. The van der Waals surface area contributed by atoms with Crippen LogP contribution in [0.4, 0.5) is 26.3 Å². The Labute approximate surface area is 112 Å². The van der Waals surface area contributed by atoms with Crippen LogP contribution in [0.5, 0.6) is 11.5 Å². The van der Waals surface area contributed by atoms with Crippen LogP contribution >= 0.6 is 23.2 Å². The van der Waals surface area contributed by atoms with E-state index in [0.717, 1.165) is 6.92 Å². The number of benzene rings is 1. The smallest absolute Gasteiger partial charge is 0.404 e. The van der Waals surface area contributed by atoms with Crippen molar-refractivity contribution in [2.75, 3.05) is 0 Å². The first-order valence-corrected chi connectivity index (χ1v) is 5.16. The summed E-state index contributed by atoms with van der Waals surface area (Å²) in [6.07, 6.45) is -10.2. The molecule has 0 heterocycles. The Kier molecular flexibility index (Phi) is 4.36. The van der Waals surface area contributed by atoms with Crippen LogP contribution in [0.2, 0.25) is 10.0 Å². The summed E-state index contributed by atoms with van der Waals surface area (Å²) in [6, 6.07) is 0.318. The summed E-state index contributed by atoms with van der Waals surface area (Å²) >= 11 is 11.0. The summed E-state index contributed by atoms with van der Waals surface area (Å²) in [5.41, 5.74) is -0.232. The summed E-state index contributed by atoms with van der Waals surface area (Å²) < 4.78 is 79.2. The molecule has 0 unspecified atom stereocenters. The van der Waals surface area contributed by atoms with Crippen LogP contribution in [-0.2, 0) is 0 Å². The van der Waals surface area contributed by atoms with E-state index in [0.29, 0.717) is 6.07 Å². The van der Waals surface area contributed by atoms with Crippen LogP contribution in [0.1, 0.15) is 5.56 Å². The molecule has 1 aromatic rings. The second-order valence-corrected chi connectivity index (χ2v) is 3.98. The lowest BCUT2D eigenvalue weighted by Gasteiger charge is -2.16. The molecule has 0 atom stereocenters. The van der Waals surface area contributed by atoms with E-state index >= 15 is 0 Å². The average Bonchev–Trinajstić information content (AvgIpc) is 2.18. The predicted molar refractivity (Wildman–Crippen MR) is 54.6 cm³/mol. The Bertz CT molecular complexity index is 443. The Morgan fingerprint density at radius 1 is 0.842 bits per heavy atom.